The zero-order valence-electron chi connectivity index (χ0n) is 11.0. The smallest absolute Gasteiger partial charge is 0.223 e. The summed E-state index contributed by atoms with van der Waals surface area (Å²) in [6, 6.07) is 0.459. The van der Waals surface area contributed by atoms with Gasteiger partial charge in [-0.05, 0) is 38.4 Å². The number of hydrogen-bond donors (Lipinski definition) is 3. The highest BCUT2D eigenvalue weighted by atomic mass is 15.1. The molecule has 3 N–H and O–H groups in total. The first-order valence-corrected chi connectivity index (χ1v) is 6.63. The Labute approximate surface area is 112 Å². The van der Waals surface area contributed by atoms with E-state index in [0.29, 0.717) is 12.0 Å². The lowest BCUT2D eigenvalue weighted by molar-refractivity contribution is 0.477. The van der Waals surface area contributed by atoms with Gasteiger partial charge in [0.25, 0.3) is 0 Å². The molecular weight excluding hydrogens is 240 g/mol. The molecule has 6 nitrogen and oxygen atoms in total. The van der Waals surface area contributed by atoms with E-state index in [0.717, 1.165) is 42.8 Å². The largest absolute Gasteiger partial charge is 0.351 e. The van der Waals surface area contributed by atoms with E-state index < -0.39 is 0 Å². The summed E-state index contributed by atoms with van der Waals surface area (Å²) < 4.78 is 0. The van der Waals surface area contributed by atoms with E-state index in [1.807, 2.05) is 19.3 Å². The van der Waals surface area contributed by atoms with Gasteiger partial charge >= 0.3 is 0 Å². The Bertz CT molecular complexity index is 530. The third-order valence-corrected chi connectivity index (χ3v) is 3.42. The van der Waals surface area contributed by atoms with Crippen molar-refractivity contribution in [3.63, 3.8) is 0 Å². The standard InChI is InChI=1S/C13H18N6/c1-9-6-15-13(18-11-2-4-14-5-3-11)19-12(9)10-7-16-17-8-10/h6-8,11,14H,2-5H2,1H3,(H,16,17)(H,15,18,19). The second kappa shape index (κ2) is 5.36. The zero-order valence-corrected chi connectivity index (χ0v) is 11.0. The second-order valence-electron chi connectivity index (χ2n) is 4.88. The normalized spacial score (nSPS) is 16.5. The molecule has 6 heteroatoms. The fraction of sp³-hybridized carbons (Fsp3) is 0.462. The van der Waals surface area contributed by atoms with Crippen molar-refractivity contribution < 1.29 is 0 Å². The Balaban J connectivity index is 1.81. The number of nitrogens with one attached hydrogen (secondary N) is 3. The number of nitrogens with zero attached hydrogens (tertiary/aromatic N) is 3. The average molecular weight is 258 g/mol. The van der Waals surface area contributed by atoms with E-state index >= 15 is 0 Å². The van der Waals surface area contributed by atoms with Gasteiger partial charge in [0.1, 0.15) is 0 Å². The van der Waals surface area contributed by atoms with Crippen molar-refractivity contribution in [2.45, 2.75) is 25.8 Å². The van der Waals surface area contributed by atoms with Crippen molar-refractivity contribution in [1.29, 1.82) is 0 Å². The van der Waals surface area contributed by atoms with E-state index in [2.05, 4.69) is 30.8 Å². The van der Waals surface area contributed by atoms with Crippen LogP contribution in [0.5, 0.6) is 0 Å². The fourth-order valence-corrected chi connectivity index (χ4v) is 2.33. The van der Waals surface area contributed by atoms with Gasteiger partial charge in [0.2, 0.25) is 5.95 Å². The van der Waals surface area contributed by atoms with Crippen LogP contribution in [0.2, 0.25) is 0 Å². The number of piperidine rings is 1. The number of rotatable bonds is 3. The number of aromatic nitrogens is 4. The summed E-state index contributed by atoms with van der Waals surface area (Å²) in [6.45, 7) is 4.12. The van der Waals surface area contributed by atoms with Crippen molar-refractivity contribution in [2.75, 3.05) is 18.4 Å². The van der Waals surface area contributed by atoms with Crippen LogP contribution in [0.3, 0.4) is 0 Å². The first-order valence-electron chi connectivity index (χ1n) is 6.63. The number of anilines is 1. The lowest BCUT2D eigenvalue weighted by atomic mass is 10.1. The van der Waals surface area contributed by atoms with E-state index in [1.54, 1.807) is 6.20 Å². The SMILES string of the molecule is Cc1cnc(NC2CCNCC2)nc1-c1cn[nH]c1. The van der Waals surface area contributed by atoms with Gasteiger partial charge in [-0.15, -0.1) is 0 Å². The van der Waals surface area contributed by atoms with E-state index in [9.17, 15) is 0 Å². The maximum Gasteiger partial charge on any atom is 0.223 e. The molecule has 3 heterocycles. The molecule has 1 aliphatic heterocycles. The van der Waals surface area contributed by atoms with Crippen LogP contribution in [-0.4, -0.2) is 39.3 Å². The lowest BCUT2D eigenvalue weighted by Crippen LogP contribution is -2.35. The average Bonchev–Trinajstić information content (AvgIpc) is 2.96. The highest BCUT2D eigenvalue weighted by Crippen LogP contribution is 2.21. The maximum absolute atomic E-state index is 4.61. The molecule has 19 heavy (non-hydrogen) atoms. The van der Waals surface area contributed by atoms with Crippen LogP contribution >= 0.6 is 0 Å². The summed E-state index contributed by atoms with van der Waals surface area (Å²) in [4.78, 5) is 8.98. The summed E-state index contributed by atoms with van der Waals surface area (Å²) in [7, 11) is 0. The monoisotopic (exact) mass is 258 g/mol. The lowest BCUT2D eigenvalue weighted by Gasteiger charge is -2.23. The zero-order chi connectivity index (χ0) is 13.1. The molecule has 100 valence electrons. The van der Waals surface area contributed by atoms with Gasteiger partial charge < -0.3 is 10.6 Å². The van der Waals surface area contributed by atoms with Crippen LogP contribution in [-0.2, 0) is 0 Å². The molecular formula is C13H18N6. The Morgan fingerprint density at radius 2 is 2.11 bits per heavy atom. The molecule has 3 rings (SSSR count). The summed E-state index contributed by atoms with van der Waals surface area (Å²) in [5.74, 6) is 0.703. The Morgan fingerprint density at radius 3 is 2.84 bits per heavy atom. The predicted octanol–water partition coefficient (Wildman–Crippen LogP) is 1.34. The van der Waals surface area contributed by atoms with Crippen molar-refractivity contribution in [2.24, 2.45) is 0 Å². The van der Waals surface area contributed by atoms with Crippen molar-refractivity contribution in [3.8, 4) is 11.3 Å². The second-order valence-corrected chi connectivity index (χ2v) is 4.88. The fourth-order valence-electron chi connectivity index (χ4n) is 2.33. The Morgan fingerprint density at radius 1 is 1.26 bits per heavy atom. The van der Waals surface area contributed by atoms with Crippen LogP contribution in [0, 0.1) is 6.92 Å². The Kier molecular flexibility index (Phi) is 3.41. The quantitative estimate of drug-likeness (QED) is 0.774. The number of H-pyrrole nitrogens is 1. The molecule has 0 radical (unpaired) electrons. The molecule has 1 aliphatic rings. The molecule has 0 bridgehead atoms. The van der Waals surface area contributed by atoms with Crippen LogP contribution in [0.4, 0.5) is 5.95 Å². The number of hydrogen-bond acceptors (Lipinski definition) is 5. The summed E-state index contributed by atoms with van der Waals surface area (Å²) in [5.41, 5.74) is 2.98. The molecule has 0 spiro atoms. The molecule has 0 aromatic carbocycles. The van der Waals surface area contributed by atoms with E-state index in [1.165, 1.54) is 0 Å². The third kappa shape index (κ3) is 2.73. The van der Waals surface area contributed by atoms with Gasteiger partial charge in [-0.2, -0.15) is 5.10 Å². The molecule has 1 fully saturated rings. The van der Waals surface area contributed by atoms with Gasteiger partial charge in [-0.25, -0.2) is 9.97 Å². The highest BCUT2D eigenvalue weighted by molar-refractivity contribution is 5.61. The van der Waals surface area contributed by atoms with Gasteiger partial charge in [-0.3, -0.25) is 5.10 Å². The number of aromatic amines is 1. The molecule has 1 saturated heterocycles. The van der Waals surface area contributed by atoms with Crippen LogP contribution in [0.25, 0.3) is 11.3 Å². The molecule has 2 aromatic heterocycles. The summed E-state index contributed by atoms with van der Waals surface area (Å²) >= 11 is 0. The van der Waals surface area contributed by atoms with Gasteiger partial charge in [0, 0.05) is 24.0 Å². The van der Waals surface area contributed by atoms with E-state index in [4.69, 9.17) is 0 Å². The van der Waals surface area contributed by atoms with Crippen LogP contribution < -0.4 is 10.6 Å². The number of aryl methyl sites for hydroxylation is 1. The first kappa shape index (κ1) is 12.1. The maximum atomic E-state index is 4.61. The highest BCUT2D eigenvalue weighted by Gasteiger charge is 2.14. The van der Waals surface area contributed by atoms with Crippen molar-refractivity contribution >= 4 is 5.95 Å². The molecule has 0 amide bonds. The van der Waals surface area contributed by atoms with Crippen molar-refractivity contribution in [3.05, 3.63) is 24.2 Å². The van der Waals surface area contributed by atoms with Crippen LogP contribution in [0.1, 0.15) is 18.4 Å². The minimum atomic E-state index is 0.459. The van der Waals surface area contributed by atoms with Gasteiger partial charge in [0.15, 0.2) is 0 Å². The Hall–Kier alpha value is -1.95. The summed E-state index contributed by atoms with van der Waals surface area (Å²) in [6.07, 6.45) is 7.71. The summed E-state index contributed by atoms with van der Waals surface area (Å²) in [5, 5.41) is 13.6. The topological polar surface area (TPSA) is 78.5 Å². The minimum absolute atomic E-state index is 0.459. The van der Waals surface area contributed by atoms with Crippen molar-refractivity contribution in [1.82, 2.24) is 25.5 Å². The first-order chi connectivity index (χ1) is 9.33. The minimum Gasteiger partial charge on any atom is -0.351 e. The molecule has 0 aliphatic carbocycles. The third-order valence-electron chi connectivity index (χ3n) is 3.42. The molecule has 0 saturated carbocycles. The molecule has 2 aromatic rings. The molecule has 0 atom stereocenters. The van der Waals surface area contributed by atoms with Gasteiger partial charge in [-0.1, -0.05) is 0 Å². The van der Waals surface area contributed by atoms with E-state index in [-0.39, 0.29) is 0 Å². The predicted molar refractivity (Wildman–Crippen MR) is 73.9 cm³/mol. The van der Waals surface area contributed by atoms with Gasteiger partial charge in [0.05, 0.1) is 11.9 Å². The van der Waals surface area contributed by atoms with Crippen LogP contribution in [0.15, 0.2) is 18.6 Å². The molecule has 0 unspecified atom stereocenters.